The van der Waals surface area contributed by atoms with Gasteiger partial charge in [-0.2, -0.15) is 0 Å². The molecule has 2 aromatic rings. The second kappa shape index (κ2) is 9.22. The van der Waals surface area contributed by atoms with Gasteiger partial charge in [0.15, 0.2) is 11.2 Å². The van der Waals surface area contributed by atoms with E-state index in [2.05, 4.69) is 10.3 Å². The highest BCUT2D eigenvalue weighted by Crippen LogP contribution is 2.37. The second-order valence-electron chi connectivity index (χ2n) is 8.93. The number of carbonyl (C=O) groups excluding carboxylic acids is 3. The average molecular weight is 440 g/mol. The number of para-hydroxylation sites is 1. The molecule has 1 aliphatic heterocycles. The number of pyridine rings is 1. The minimum atomic E-state index is -0.951. The van der Waals surface area contributed by atoms with E-state index in [4.69, 9.17) is 0 Å². The highest BCUT2D eigenvalue weighted by molar-refractivity contribution is 8.14. The van der Waals surface area contributed by atoms with Gasteiger partial charge < -0.3 is 5.32 Å². The molecule has 0 radical (unpaired) electrons. The van der Waals surface area contributed by atoms with Gasteiger partial charge in [-0.15, -0.1) is 0 Å². The monoisotopic (exact) mass is 439 g/mol. The normalized spacial score (nSPS) is 17.3. The zero-order valence-corrected chi connectivity index (χ0v) is 19.5. The number of nitrogens with zero attached hydrogens (tertiary/aromatic N) is 2. The van der Waals surface area contributed by atoms with Crippen LogP contribution in [0.15, 0.2) is 42.6 Å². The molecule has 7 heteroatoms. The van der Waals surface area contributed by atoms with Crippen molar-refractivity contribution in [3.63, 3.8) is 0 Å². The van der Waals surface area contributed by atoms with Gasteiger partial charge in [0.05, 0.1) is 17.3 Å². The first-order chi connectivity index (χ1) is 14.6. The average Bonchev–Trinajstić information content (AvgIpc) is 3.12. The van der Waals surface area contributed by atoms with Crippen LogP contribution >= 0.6 is 11.8 Å². The van der Waals surface area contributed by atoms with Crippen LogP contribution in [0, 0.1) is 19.8 Å². The van der Waals surface area contributed by atoms with E-state index in [0.29, 0.717) is 17.1 Å². The molecule has 1 aromatic carbocycles. The summed E-state index contributed by atoms with van der Waals surface area (Å²) in [6.07, 6.45) is 1.80. The predicted molar refractivity (Wildman–Crippen MR) is 124 cm³/mol. The van der Waals surface area contributed by atoms with E-state index < -0.39 is 17.5 Å². The molecule has 1 aliphatic rings. The smallest absolute Gasteiger partial charge is 0.249 e. The Bertz CT molecular complexity index is 965. The molecule has 2 amide bonds. The van der Waals surface area contributed by atoms with Gasteiger partial charge in [0.25, 0.3) is 0 Å². The number of aryl methyl sites for hydroxylation is 2. The van der Waals surface area contributed by atoms with Crippen molar-refractivity contribution in [1.29, 1.82) is 0 Å². The van der Waals surface area contributed by atoms with Gasteiger partial charge in [0.1, 0.15) is 0 Å². The molecule has 1 N–H and O–H groups in total. The van der Waals surface area contributed by atoms with Crippen LogP contribution in [-0.2, 0) is 14.4 Å². The number of amides is 2. The molecule has 0 spiro atoms. The zero-order valence-electron chi connectivity index (χ0n) is 18.6. The van der Waals surface area contributed by atoms with Crippen molar-refractivity contribution in [2.24, 2.45) is 5.92 Å². The van der Waals surface area contributed by atoms with Gasteiger partial charge in [-0.1, -0.05) is 36.0 Å². The van der Waals surface area contributed by atoms with Crippen LogP contribution in [0.4, 0.5) is 5.69 Å². The molecule has 2 atom stereocenters. The van der Waals surface area contributed by atoms with Crippen LogP contribution < -0.4 is 10.2 Å². The molecule has 0 saturated carbocycles. The van der Waals surface area contributed by atoms with Gasteiger partial charge in [-0.05, 0) is 57.9 Å². The molecular weight excluding hydrogens is 410 g/mol. The maximum Gasteiger partial charge on any atom is 0.249 e. The molecule has 3 rings (SSSR count). The van der Waals surface area contributed by atoms with Crippen molar-refractivity contribution in [1.82, 2.24) is 10.3 Å². The second-order valence-corrected chi connectivity index (χ2v) is 10.0. The topological polar surface area (TPSA) is 79.4 Å². The summed E-state index contributed by atoms with van der Waals surface area (Å²) in [5.41, 5.74) is 2.46. The molecule has 31 heavy (non-hydrogen) atoms. The Morgan fingerprint density at radius 3 is 2.32 bits per heavy atom. The van der Waals surface area contributed by atoms with E-state index in [0.717, 1.165) is 11.1 Å². The lowest BCUT2D eigenvalue weighted by molar-refractivity contribution is -0.129. The van der Waals surface area contributed by atoms with Gasteiger partial charge in [0, 0.05) is 23.9 Å². The Morgan fingerprint density at radius 2 is 1.81 bits per heavy atom. The van der Waals surface area contributed by atoms with Gasteiger partial charge in [-0.25, -0.2) is 0 Å². The molecule has 164 valence electrons. The van der Waals surface area contributed by atoms with Gasteiger partial charge >= 0.3 is 0 Å². The van der Waals surface area contributed by atoms with Crippen molar-refractivity contribution in [2.45, 2.75) is 52.6 Å². The lowest BCUT2D eigenvalue weighted by Crippen LogP contribution is -2.51. The number of nitrogens with one attached hydrogen (secondary N) is 1. The fraction of sp³-hybridized carbons (Fsp3) is 0.417. The molecule has 0 aliphatic carbocycles. The van der Waals surface area contributed by atoms with E-state index in [1.807, 2.05) is 58.9 Å². The molecule has 2 unspecified atom stereocenters. The molecule has 1 fully saturated rings. The molecule has 2 heterocycles. The van der Waals surface area contributed by atoms with Crippen LogP contribution in [0.3, 0.4) is 0 Å². The third-order valence-electron chi connectivity index (χ3n) is 5.10. The summed E-state index contributed by atoms with van der Waals surface area (Å²) in [7, 11) is 0. The van der Waals surface area contributed by atoms with Crippen molar-refractivity contribution < 1.29 is 14.4 Å². The zero-order chi connectivity index (χ0) is 22.8. The van der Waals surface area contributed by atoms with Crippen molar-refractivity contribution in [2.75, 3.05) is 10.7 Å². The number of carbonyl (C=O) groups is 3. The lowest BCUT2D eigenvalue weighted by Gasteiger charge is -2.36. The highest BCUT2D eigenvalue weighted by Gasteiger charge is 2.41. The minimum absolute atomic E-state index is 0.00772. The van der Waals surface area contributed by atoms with Crippen molar-refractivity contribution in [3.8, 4) is 0 Å². The molecular formula is C24H29N3O3S. The fourth-order valence-corrected chi connectivity index (χ4v) is 4.75. The van der Waals surface area contributed by atoms with Crippen LogP contribution in [-0.4, -0.2) is 33.2 Å². The Kier molecular flexibility index (Phi) is 6.84. The summed E-state index contributed by atoms with van der Waals surface area (Å²) < 4.78 is 0. The third-order valence-corrected chi connectivity index (χ3v) is 6.16. The third kappa shape index (κ3) is 5.34. The summed E-state index contributed by atoms with van der Waals surface area (Å²) in [6.45, 7) is 9.55. The van der Waals surface area contributed by atoms with E-state index >= 15 is 0 Å². The summed E-state index contributed by atoms with van der Waals surface area (Å²) in [6, 6.07) is 10.2. The van der Waals surface area contributed by atoms with Crippen molar-refractivity contribution in [3.05, 3.63) is 59.4 Å². The lowest BCUT2D eigenvalue weighted by atomic mass is 9.98. The van der Waals surface area contributed by atoms with Crippen LogP contribution in [0.25, 0.3) is 0 Å². The largest absolute Gasteiger partial charge is 0.349 e. The fourth-order valence-electron chi connectivity index (χ4n) is 3.78. The summed E-state index contributed by atoms with van der Waals surface area (Å²) in [5.74, 6) is -0.575. The van der Waals surface area contributed by atoms with Crippen LogP contribution in [0.5, 0.6) is 0 Å². The quantitative estimate of drug-likeness (QED) is 0.763. The number of rotatable bonds is 5. The number of thioether (sulfide) groups is 1. The number of hydrogen-bond donors (Lipinski definition) is 1. The SMILES string of the molecule is Cc1cccc(C)c1N(C(=O)C1CSC(=O)C1)C(C(=O)NC(C)(C)C)c1ccccn1. The maximum atomic E-state index is 13.8. The predicted octanol–water partition coefficient (Wildman–Crippen LogP) is 3.97. The van der Waals surface area contributed by atoms with Gasteiger partial charge in [0.2, 0.25) is 11.8 Å². The first-order valence-electron chi connectivity index (χ1n) is 10.4. The minimum Gasteiger partial charge on any atom is -0.349 e. The Balaban J connectivity index is 2.18. The number of anilines is 1. The summed E-state index contributed by atoms with van der Waals surface area (Å²) in [5, 5.41) is 3.02. The number of aromatic nitrogens is 1. The molecule has 0 bridgehead atoms. The molecule has 1 saturated heterocycles. The maximum absolute atomic E-state index is 13.8. The Hall–Kier alpha value is -2.67. The first kappa shape index (κ1) is 23.0. The van der Waals surface area contributed by atoms with E-state index in [9.17, 15) is 14.4 Å². The molecule has 1 aromatic heterocycles. The van der Waals surface area contributed by atoms with Crippen molar-refractivity contribution >= 4 is 34.4 Å². The number of benzene rings is 1. The van der Waals surface area contributed by atoms with E-state index in [1.165, 1.54) is 11.8 Å². The standard InChI is InChI=1S/C24H29N3O3S/c1-15-9-8-10-16(2)20(15)27(23(30)17-13-19(28)31-14-17)21(18-11-6-7-12-25-18)22(29)26-24(3,4)5/h6-12,17,21H,13-14H2,1-5H3,(H,26,29). The number of hydrogen-bond acceptors (Lipinski definition) is 5. The molecule has 6 nitrogen and oxygen atoms in total. The summed E-state index contributed by atoms with van der Waals surface area (Å²) >= 11 is 1.18. The Morgan fingerprint density at radius 1 is 1.13 bits per heavy atom. The highest BCUT2D eigenvalue weighted by atomic mass is 32.2. The first-order valence-corrected chi connectivity index (χ1v) is 11.3. The van der Waals surface area contributed by atoms with E-state index in [-0.39, 0.29) is 23.4 Å². The Labute approximate surface area is 187 Å². The summed E-state index contributed by atoms with van der Waals surface area (Å²) in [4.78, 5) is 45.3. The van der Waals surface area contributed by atoms with Crippen LogP contribution in [0.1, 0.15) is 50.1 Å². The van der Waals surface area contributed by atoms with Crippen LogP contribution in [0.2, 0.25) is 0 Å². The van der Waals surface area contributed by atoms with E-state index in [1.54, 1.807) is 23.2 Å². The van der Waals surface area contributed by atoms with Gasteiger partial charge in [-0.3, -0.25) is 24.3 Å².